The molecule has 0 aliphatic carbocycles. The van der Waals surface area contributed by atoms with Gasteiger partial charge in [-0.25, -0.2) is 4.68 Å². The number of hydrogen-bond donors (Lipinski definition) is 0. The summed E-state index contributed by atoms with van der Waals surface area (Å²) in [4.78, 5) is 0. The van der Waals surface area contributed by atoms with Gasteiger partial charge in [-0.1, -0.05) is 30.7 Å². The molecule has 0 saturated carbocycles. The van der Waals surface area contributed by atoms with Gasteiger partial charge in [0.25, 0.3) is 0 Å². The van der Waals surface area contributed by atoms with Crippen molar-refractivity contribution >= 4 is 0 Å². The van der Waals surface area contributed by atoms with Crippen LogP contribution in [0.1, 0.15) is 43.6 Å². The predicted octanol–water partition coefficient (Wildman–Crippen LogP) is 2.94. The van der Waals surface area contributed by atoms with Crippen molar-refractivity contribution in [1.29, 1.82) is 5.26 Å². The molecule has 0 aliphatic heterocycles. The van der Waals surface area contributed by atoms with Gasteiger partial charge in [-0.15, -0.1) is 5.10 Å². The molecular weight excluding hydrogens is 264 g/mol. The number of rotatable bonds is 7. The molecule has 0 fully saturated rings. The number of benzene rings is 1. The van der Waals surface area contributed by atoms with Crippen LogP contribution in [0.5, 0.6) is 5.75 Å². The van der Waals surface area contributed by atoms with E-state index in [0.29, 0.717) is 18.7 Å². The SMILES string of the molecule is CCCCn1nnc(C#N)c1Cc1ccc(OCC)cc1. The molecule has 1 aromatic heterocycles. The Morgan fingerprint density at radius 3 is 2.62 bits per heavy atom. The lowest BCUT2D eigenvalue weighted by Gasteiger charge is -2.07. The molecule has 5 nitrogen and oxygen atoms in total. The van der Waals surface area contributed by atoms with Crippen LogP contribution in [0.3, 0.4) is 0 Å². The summed E-state index contributed by atoms with van der Waals surface area (Å²) in [6, 6.07) is 10.1. The van der Waals surface area contributed by atoms with Gasteiger partial charge in [-0.05, 0) is 31.0 Å². The number of hydrogen-bond acceptors (Lipinski definition) is 4. The van der Waals surface area contributed by atoms with Crippen LogP contribution in [0.4, 0.5) is 0 Å². The number of ether oxygens (including phenoxy) is 1. The van der Waals surface area contributed by atoms with Crippen molar-refractivity contribution in [2.45, 2.75) is 39.7 Å². The predicted molar refractivity (Wildman–Crippen MR) is 80.1 cm³/mol. The third-order valence-corrected chi connectivity index (χ3v) is 3.27. The number of unbranched alkanes of at least 4 members (excludes halogenated alkanes) is 1. The molecule has 21 heavy (non-hydrogen) atoms. The molecule has 110 valence electrons. The van der Waals surface area contributed by atoms with Gasteiger partial charge in [0.2, 0.25) is 0 Å². The van der Waals surface area contributed by atoms with Crippen molar-refractivity contribution in [2.75, 3.05) is 6.61 Å². The highest BCUT2D eigenvalue weighted by atomic mass is 16.5. The second-order valence-electron chi connectivity index (χ2n) is 4.83. The van der Waals surface area contributed by atoms with E-state index >= 15 is 0 Å². The molecule has 1 heterocycles. The van der Waals surface area contributed by atoms with Gasteiger partial charge in [-0.3, -0.25) is 0 Å². The molecule has 0 aliphatic rings. The molecule has 2 aromatic rings. The third kappa shape index (κ3) is 3.82. The molecule has 0 N–H and O–H groups in total. The van der Waals surface area contributed by atoms with Crippen LogP contribution in [0.25, 0.3) is 0 Å². The Bertz CT molecular complexity index is 610. The van der Waals surface area contributed by atoms with Crippen LogP contribution >= 0.6 is 0 Å². The zero-order valence-corrected chi connectivity index (χ0v) is 12.5. The molecular formula is C16H20N4O. The van der Waals surface area contributed by atoms with E-state index in [0.717, 1.165) is 36.4 Å². The Balaban J connectivity index is 2.17. The number of aryl methyl sites for hydroxylation is 1. The minimum absolute atomic E-state index is 0.417. The van der Waals surface area contributed by atoms with E-state index in [4.69, 9.17) is 10.00 Å². The molecule has 2 rings (SSSR count). The van der Waals surface area contributed by atoms with E-state index in [9.17, 15) is 0 Å². The van der Waals surface area contributed by atoms with Crippen LogP contribution in [0, 0.1) is 11.3 Å². The molecule has 0 bridgehead atoms. The first-order chi connectivity index (χ1) is 10.3. The fraction of sp³-hybridized carbons (Fsp3) is 0.438. The summed E-state index contributed by atoms with van der Waals surface area (Å²) in [7, 11) is 0. The topological polar surface area (TPSA) is 63.7 Å². The van der Waals surface area contributed by atoms with Crippen molar-refractivity contribution in [3.05, 3.63) is 41.2 Å². The second kappa shape index (κ2) is 7.44. The van der Waals surface area contributed by atoms with Crippen LogP contribution in [0.15, 0.2) is 24.3 Å². The Labute approximate surface area is 125 Å². The van der Waals surface area contributed by atoms with E-state index in [-0.39, 0.29) is 0 Å². The van der Waals surface area contributed by atoms with Gasteiger partial charge in [0.1, 0.15) is 11.8 Å². The molecule has 0 unspecified atom stereocenters. The Morgan fingerprint density at radius 2 is 2.00 bits per heavy atom. The van der Waals surface area contributed by atoms with Gasteiger partial charge in [0.05, 0.1) is 12.3 Å². The first-order valence-corrected chi connectivity index (χ1v) is 7.32. The highest BCUT2D eigenvalue weighted by Gasteiger charge is 2.12. The third-order valence-electron chi connectivity index (χ3n) is 3.27. The molecule has 0 saturated heterocycles. The maximum atomic E-state index is 9.16. The maximum Gasteiger partial charge on any atom is 0.186 e. The van der Waals surface area contributed by atoms with Crippen LogP contribution in [0.2, 0.25) is 0 Å². The highest BCUT2D eigenvalue weighted by Crippen LogP contribution is 2.17. The van der Waals surface area contributed by atoms with Crippen molar-refractivity contribution in [2.24, 2.45) is 0 Å². The highest BCUT2D eigenvalue weighted by molar-refractivity contribution is 5.33. The van der Waals surface area contributed by atoms with Gasteiger partial charge in [0, 0.05) is 13.0 Å². The Hall–Kier alpha value is -2.35. The first kappa shape index (κ1) is 15.0. The second-order valence-corrected chi connectivity index (χ2v) is 4.83. The summed E-state index contributed by atoms with van der Waals surface area (Å²) in [5.74, 6) is 0.861. The van der Waals surface area contributed by atoms with Gasteiger partial charge >= 0.3 is 0 Å². The summed E-state index contributed by atoms with van der Waals surface area (Å²) in [5.41, 5.74) is 2.42. The zero-order valence-electron chi connectivity index (χ0n) is 12.5. The zero-order chi connectivity index (χ0) is 15.1. The quantitative estimate of drug-likeness (QED) is 0.784. The average molecular weight is 284 g/mol. The smallest absolute Gasteiger partial charge is 0.186 e. The van der Waals surface area contributed by atoms with Crippen molar-refractivity contribution in [1.82, 2.24) is 15.0 Å². The van der Waals surface area contributed by atoms with Crippen molar-refractivity contribution in [3.63, 3.8) is 0 Å². The lowest BCUT2D eigenvalue weighted by atomic mass is 10.1. The molecule has 0 radical (unpaired) electrons. The van der Waals surface area contributed by atoms with Gasteiger partial charge in [-0.2, -0.15) is 5.26 Å². The molecule has 0 amide bonds. The Morgan fingerprint density at radius 1 is 1.24 bits per heavy atom. The summed E-state index contributed by atoms with van der Waals surface area (Å²) in [6.07, 6.45) is 2.78. The molecule has 0 spiro atoms. The summed E-state index contributed by atoms with van der Waals surface area (Å²) in [6.45, 7) is 5.56. The largest absolute Gasteiger partial charge is 0.494 e. The fourth-order valence-electron chi connectivity index (χ4n) is 2.15. The number of nitrogens with zero attached hydrogens (tertiary/aromatic N) is 4. The molecule has 1 aromatic carbocycles. The monoisotopic (exact) mass is 284 g/mol. The molecule has 5 heteroatoms. The average Bonchev–Trinajstić information content (AvgIpc) is 2.89. The van der Waals surface area contributed by atoms with E-state index in [2.05, 4.69) is 23.3 Å². The van der Waals surface area contributed by atoms with E-state index in [1.807, 2.05) is 35.9 Å². The molecule has 0 atom stereocenters. The minimum Gasteiger partial charge on any atom is -0.494 e. The van der Waals surface area contributed by atoms with E-state index in [1.165, 1.54) is 0 Å². The first-order valence-electron chi connectivity index (χ1n) is 7.32. The normalized spacial score (nSPS) is 10.3. The van der Waals surface area contributed by atoms with Gasteiger partial charge in [0.15, 0.2) is 5.69 Å². The summed E-state index contributed by atoms with van der Waals surface area (Å²) >= 11 is 0. The van der Waals surface area contributed by atoms with Crippen LogP contribution in [-0.2, 0) is 13.0 Å². The minimum atomic E-state index is 0.417. The van der Waals surface area contributed by atoms with Crippen molar-refractivity contribution < 1.29 is 4.74 Å². The maximum absolute atomic E-state index is 9.16. The summed E-state index contributed by atoms with van der Waals surface area (Å²) in [5, 5.41) is 17.2. The van der Waals surface area contributed by atoms with Crippen LogP contribution in [-0.4, -0.2) is 21.6 Å². The lowest BCUT2D eigenvalue weighted by molar-refractivity contribution is 0.340. The Kier molecular flexibility index (Phi) is 5.33. The van der Waals surface area contributed by atoms with E-state index in [1.54, 1.807) is 0 Å². The van der Waals surface area contributed by atoms with Gasteiger partial charge < -0.3 is 4.74 Å². The van der Waals surface area contributed by atoms with Crippen molar-refractivity contribution in [3.8, 4) is 11.8 Å². The summed E-state index contributed by atoms with van der Waals surface area (Å²) < 4.78 is 7.28. The fourth-order valence-corrected chi connectivity index (χ4v) is 2.15. The number of nitriles is 1. The standard InChI is InChI=1S/C16H20N4O/c1-3-5-10-20-16(15(12-17)18-19-20)11-13-6-8-14(9-7-13)21-4-2/h6-9H,3-5,10-11H2,1-2H3. The van der Waals surface area contributed by atoms with Crippen LogP contribution < -0.4 is 4.74 Å². The number of aromatic nitrogens is 3. The lowest BCUT2D eigenvalue weighted by Crippen LogP contribution is -2.06. The van der Waals surface area contributed by atoms with E-state index < -0.39 is 0 Å².